The van der Waals surface area contributed by atoms with Gasteiger partial charge >= 0.3 is 5.97 Å². The first kappa shape index (κ1) is 20.8. The average molecular weight is 422 g/mol. The molecule has 9 nitrogen and oxygen atoms in total. The molecule has 1 aromatic carbocycles. The number of benzene rings is 1. The van der Waals surface area contributed by atoms with Crippen molar-refractivity contribution in [3.8, 4) is 0 Å². The zero-order chi connectivity index (χ0) is 21.6. The van der Waals surface area contributed by atoms with E-state index in [-0.39, 0.29) is 18.9 Å². The van der Waals surface area contributed by atoms with E-state index in [1.165, 1.54) is 19.3 Å². The van der Waals surface area contributed by atoms with Crippen molar-refractivity contribution < 1.29 is 14.3 Å². The van der Waals surface area contributed by atoms with Crippen molar-refractivity contribution in [3.05, 3.63) is 47.8 Å². The second-order valence-electron chi connectivity index (χ2n) is 7.44. The number of nitrogens with zero attached hydrogens (tertiary/aromatic N) is 5. The molecule has 2 aromatic heterocycles. The maximum Gasteiger partial charge on any atom is 0.340 e. The van der Waals surface area contributed by atoms with E-state index in [4.69, 9.17) is 9.84 Å². The number of anilines is 2. The highest BCUT2D eigenvalue weighted by atomic mass is 16.5. The molecule has 0 saturated carbocycles. The van der Waals surface area contributed by atoms with Gasteiger partial charge in [0.05, 0.1) is 17.9 Å². The first-order valence-corrected chi connectivity index (χ1v) is 10.7. The quantitative estimate of drug-likeness (QED) is 0.584. The third kappa shape index (κ3) is 4.82. The molecule has 31 heavy (non-hydrogen) atoms. The number of nitrogens with one attached hydrogen (secondary N) is 1. The molecule has 0 radical (unpaired) electrons. The highest BCUT2D eigenvalue weighted by Crippen LogP contribution is 2.19. The van der Waals surface area contributed by atoms with Gasteiger partial charge < -0.3 is 15.0 Å². The molecule has 3 heterocycles. The van der Waals surface area contributed by atoms with Crippen LogP contribution in [0, 0.1) is 0 Å². The van der Waals surface area contributed by atoms with Crippen molar-refractivity contribution in [2.24, 2.45) is 0 Å². The number of ether oxygens (including phenoxy) is 1. The summed E-state index contributed by atoms with van der Waals surface area (Å²) in [5.74, 6) is 0.848. The molecule has 4 rings (SSSR count). The van der Waals surface area contributed by atoms with Gasteiger partial charge in [-0.25, -0.2) is 4.79 Å². The Kier molecular flexibility index (Phi) is 6.40. The van der Waals surface area contributed by atoms with Crippen LogP contribution >= 0.6 is 0 Å². The lowest BCUT2D eigenvalue weighted by atomic mass is 10.1. The SMILES string of the molecule is CCOC(=O)c1ccccc1NC(=O)CCc1nnc2ccc(N3CCCCC3)nn12. The summed E-state index contributed by atoms with van der Waals surface area (Å²) in [6.45, 7) is 4.01. The fourth-order valence-electron chi connectivity index (χ4n) is 3.69. The lowest BCUT2D eigenvalue weighted by Gasteiger charge is -2.27. The monoisotopic (exact) mass is 422 g/mol. The normalized spacial score (nSPS) is 13.9. The van der Waals surface area contributed by atoms with E-state index in [1.54, 1.807) is 35.7 Å². The third-order valence-corrected chi connectivity index (χ3v) is 5.27. The van der Waals surface area contributed by atoms with Crippen LogP contribution in [0.15, 0.2) is 36.4 Å². The van der Waals surface area contributed by atoms with Gasteiger partial charge in [0.15, 0.2) is 11.5 Å². The zero-order valence-electron chi connectivity index (χ0n) is 17.6. The molecular formula is C22H26N6O3. The molecule has 0 unspecified atom stereocenters. The summed E-state index contributed by atoms with van der Waals surface area (Å²) in [5, 5.41) is 15.9. The molecule has 1 amide bonds. The van der Waals surface area contributed by atoms with Crippen LogP contribution < -0.4 is 10.2 Å². The van der Waals surface area contributed by atoms with Crippen LogP contribution in [0.5, 0.6) is 0 Å². The fourth-order valence-corrected chi connectivity index (χ4v) is 3.69. The maximum absolute atomic E-state index is 12.5. The van der Waals surface area contributed by atoms with Gasteiger partial charge in [0.1, 0.15) is 5.82 Å². The second-order valence-corrected chi connectivity index (χ2v) is 7.44. The molecule has 0 aliphatic carbocycles. The van der Waals surface area contributed by atoms with E-state index in [0.29, 0.717) is 29.1 Å². The van der Waals surface area contributed by atoms with Crippen LogP contribution in [0.2, 0.25) is 0 Å². The zero-order valence-corrected chi connectivity index (χ0v) is 17.6. The third-order valence-electron chi connectivity index (χ3n) is 5.27. The van der Waals surface area contributed by atoms with Crippen molar-refractivity contribution in [2.45, 2.75) is 39.0 Å². The number of piperidine rings is 1. The smallest absolute Gasteiger partial charge is 0.340 e. The van der Waals surface area contributed by atoms with E-state index < -0.39 is 5.97 Å². The molecule has 9 heteroatoms. The molecule has 0 spiro atoms. The van der Waals surface area contributed by atoms with E-state index in [1.807, 2.05) is 12.1 Å². The minimum Gasteiger partial charge on any atom is -0.462 e. The maximum atomic E-state index is 12.5. The van der Waals surface area contributed by atoms with Crippen LogP contribution in [0.1, 0.15) is 48.8 Å². The highest BCUT2D eigenvalue weighted by Gasteiger charge is 2.17. The van der Waals surface area contributed by atoms with Crippen LogP contribution in [-0.2, 0) is 16.0 Å². The molecule has 3 aromatic rings. The summed E-state index contributed by atoms with van der Waals surface area (Å²) in [6.07, 6.45) is 4.16. The number of aromatic nitrogens is 4. The van der Waals surface area contributed by atoms with Crippen molar-refractivity contribution >= 4 is 29.0 Å². The molecule has 1 N–H and O–H groups in total. The Hall–Kier alpha value is -3.49. The number of rotatable bonds is 7. The largest absolute Gasteiger partial charge is 0.462 e. The van der Waals surface area contributed by atoms with Crippen molar-refractivity contribution in [1.29, 1.82) is 0 Å². The predicted octanol–water partition coefficient (Wildman–Crippen LogP) is 2.86. The number of hydrogen-bond donors (Lipinski definition) is 1. The van der Waals surface area contributed by atoms with Gasteiger partial charge in [-0.05, 0) is 50.5 Å². The first-order valence-electron chi connectivity index (χ1n) is 10.7. The van der Waals surface area contributed by atoms with Crippen LogP contribution in [-0.4, -0.2) is 51.4 Å². The molecule has 1 fully saturated rings. The van der Waals surface area contributed by atoms with Gasteiger partial charge in [-0.1, -0.05) is 12.1 Å². The second kappa shape index (κ2) is 9.55. The molecule has 0 bridgehead atoms. The minimum absolute atomic E-state index is 0.188. The van der Waals surface area contributed by atoms with Gasteiger partial charge in [0.25, 0.3) is 0 Å². The number of carbonyl (C=O) groups is 2. The lowest BCUT2D eigenvalue weighted by molar-refractivity contribution is -0.116. The van der Waals surface area contributed by atoms with Crippen LogP contribution in [0.4, 0.5) is 11.5 Å². The molecule has 1 saturated heterocycles. The van der Waals surface area contributed by atoms with Gasteiger partial charge in [0.2, 0.25) is 5.91 Å². The molecule has 162 valence electrons. The van der Waals surface area contributed by atoms with Crippen molar-refractivity contribution in [2.75, 3.05) is 29.9 Å². The Bertz CT molecular complexity index is 1070. The summed E-state index contributed by atoms with van der Waals surface area (Å²) in [7, 11) is 0. The molecule has 0 atom stereocenters. The number of para-hydroxylation sites is 1. The highest BCUT2D eigenvalue weighted by molar-refractivity contribution is 6.01. The molecule has 1 aliphatic rings. The van der Waals surface area contributed by atoms with Gasteiger partial charge in [0, 0.05) is 25.9 Å². The van der Waals surface area contributed by atoms with Crippen LogP contribution in [0.25, 0.3) is 5.65 Å². The molecule has 1 aliphatic heterocycles. The van der Waals surface area contributed by atoms with E-state index in [2.05, 4.69) is 20.4 Å². The number of amides is 1. The standard InChI is InChI=1S/C22H26N6O3/c1-2-31-22(30)16-8-4-5-9-17(16)23-21(29)13-12-19-25-24-18-10-11-20(26-28(18)19)27-14-6-3-7-15-27/h4-5,8-11H,2-3,6-7,12-15H2,1H3,(H,23,29). The first-order chi connectivity index (χ1) is 15.2. The summed E-state index contributed by atoms with van der Waals surface area (Å²) >= 11 is 0. The predicted molar refractivity (Wildman–Crippen MR) is 116 cm³/mol. The number of carbonyl (C=O) groups excluding carboxylic acids is 2. The van der Waals surface area contributed by atoms with Crippen LogP contribution in [0.3, 0.4) is 0 Å². The lowest BCUT2D eigenvalue weighted by Crippen LogP contribution is -2.30. The van der Waals surface area contributed by atoms with Crippen molar-refractivity contribution in [3.63, 3.8) is 0 Å². The fraction of sp³-hybridized carbons (Fsp3) is 0.409. The Morgan fingerprint density at radius 2 is 1.87 bits per heavy atom. The summed E-state index contributed by atoms with van der Waals surface area (Å²) < 4.78 is 6.77. The molecular weight excluding hydrogens is 396 g/mol. The summed E-state index contributed by atoms with van der Waals surface area (Å²) in [5.41, 5.74) is 1.42. The summed E-state index contributed by atoms with van der Waals surface area (Å²) in [4.78, 5) is 26.9. The Morgan fingerprint density at radius 3 is 2.68 bits per heavy atom. The summed E-state index contributed by atoms with van der Waals surface area (Å²) in [6, 6.07) is 10.7. The van der Waals surface area contributed by atoms with E-state index >= 15 is 0 Å². The number of fused-ring (bicyclic) bond motifs is 1. The van der Waals surface area contributed by atoms with Gasteiger partial charge in [-0.2, -0.15) is 4.52 Å². The van der Waals surface area contributed by atoms with E-state index in [9.17, 15) is 9.59 Å². The Labute approximate surface area is 180 Å². The number of esters is 1. The number of hydrogen-bond acceptors (Lipinski definition) is 7. The Morgan fingerprint density at radius 1 is 1.06 bits per heavy atom. The average Bonchev–Trinajstić information content (AvgIpc) is 3.21. The minimum atomic E-state index is -0.462. The Balaban J connectivity index is 1.43. The van der Waals surface area contributed by atoms with Crippen molar-refractivity contribution in [1.82, 2.24) is 19.8 Å². The van der Waals surface area contributed by atoms with Gasteiger partial charge in [-0.15, -0.1) is 15.3 Å². The van der Waals surface area contributed by atoms with E-state index in [0.717, 1.165) is 18.9 Å². The van der Waals surface area contributed by atoms with Gasteiger partial charge in [-0.3, -0.25) is 4.79 Å². The topological polar surface area (TPSA) is 102 Å². The number of aryl methyl sites for hydroxylation is 1.